The summed E-state index contributed by atoms with van der Waals surface area (Å²) in [6, 6.07) is 11.8. The van der Waals surface area contributed by atoms with Crippen LogP contribution in [-0.4, -0.2) is 52.8 Å². The van der Waals surface area contributed by atoms with E-state index in [9.17, 15) is 9.59 Å². The molecular weight excluding hydrogens is 350 g/mol. The van der Waals surface area contributed by atoms with Gasteiger partial charge in [0.2, 0.25) is 0 Å². The maximum Gasteiger partial charge on any atom is 0.255 e. The predicted octanol–water partition coefficient (Wildman–Crippen LogP) is 3.41. The second-order valence-electron chi connectivity index (χ2n) is 7.88. The summed E-state index contributed by atoms with van der Waals surface area (Å²) in [5.41, 5.74) is 2.73. The lowest BCUT2D eigenvalue weighted by atomic mass is 9.89. The molecule has 2 fully saturated rings. The third kappa shape index (κ3) is 4.24. The minimum atomic E-state index is 0.0799. The highest BCUT2D eigenvalue weighted by Gasteiger charge is 2.24. The highest BCUT2D eigenvalue weighted by Crippen LogP contribution is 2.23. The van der Waals surface area contributed by atoms with Gasteiger partial charge in [0.15, 0.2) is 0 Å². The maximum atomic E-state index is 12.5. The molecule has 0 saturated carbocycles. The molecule has 0 spiro atoms. The summed E-state index contributed by atoms with van der Waals surface area (Å²) < 4.78 is 0. The standard InChI is InChI=1S/C23H27N3O2/c27-22(25-12-1-2-13-25)20-7-5-18(6-8-20)16-19-9-14-26(15-10-19)23(28)21-4-3-11-24-17-21/h3-8,11,17,19H,1-2,9-10,12-16H2. The van der Waals surface area contributed by atoms with E-state index in [-0.39, 0.29) is 11.8 Å². The number of carbonyl (C=O) groups is 2. The van der Waals surface area contributed by atoms with Gasteiger partial charge in [-0.25, -0.2) is 0 Å². The minimum Gasteiger partial charge on any atom is -0.339 e. The fourth-order valence-corrected chi connectivity index (χ4v) is 4.23. The molecular formula is C23H27N3O2. The molecule has 0 N–H and O–H groups in total. The highest BCUT2D eigenvalue weighted by molar-refractivity contribution is 5.94. The van der Waals surface area contributed by atoms with Gasteiger partial charge in [0, 0.05) is 44.1 Å². The van der Waals surface area contributed by atoms with Crippen molar-refractivity contribution >= 4 is 11.8 Å². The van der Waals surface area contributed by atoms with Crippen LogP contribution in [-0.2, 0) is 6.42 Å². The number of rotatable bonds is 4. The van der Waals surface area contributed by atoms with E-state index in [0.29, 0.717) is 11.5 Å². The molecule has 2 saturated heterocycles. The van der Waals surface area contributed by atoms with E-state index in [1.54, 1.807) is 18.5 Å². The molecule has 2 aliphatic heterocycles. The number of pyridine rings is 1. The zero-order valence-electron chi connectivity index (χ0n) is 16.2. The molecule has 28 heavy (non-hydrogen) atoms. The van der Waals surface area contributed by atoms with Gasteiger partial charge in [0.25, 0.3) is 11.8 Å². The molecule has 146 valence electrons. The lowest BCUT2D eigenvalue weighted by Crippen LogP contribution is -2.38. The molecule has 1 aromatic heterocycles. The van der Waals surface area contributed by atoms with Crippen LogP contribution in [0.3, 0.4) is 0 Å². The molecule has 0 atom stereocenters. The van der Waals surface area contributed by atoms with Crippen LogP contribution < -0.4 is 0 Å². The fraction of sp³-hybridized carbons (Fsp3) is 0.435. The van der Waals surface area contributed by atoms with Crippen LogP contribution in [0.15, 0.2) is 48.8 Å². The zero-order valence-corrected chi connectivity index (χ0v) is 16.2. The smallest absolute Gasteiger partial charge is 0.255 e. The molecule has 4 rings (SSSR count). The first kappa shape index (κ1) is 18.7. The molecule has 0 aliphatic carbocycles. The van der Waals surface area contributed by atoms with Gasteiger partial charge in [-0.2, -0.15) is 0 Å². The van der Waals surface area contributed by atoms with Crippen LogP contribution in [0.2, 0.25) is 0 Å². The van der Waals surface area contributed by atoms with E-state index in [4.69, 9.17) is 0 Å². The Kier molecular flexibility index (Phi) is 5.70. The third-order valence-corrected chi connectivity index (χ3v) is 5.93. The molecule has 2 amide bonds. The van der Waals surface area contributed by atoms with Gasteiger partial charge in [0.1, 0.15) is 0 Å². The van der Waals surface area contributed by atoms with E-state index in [2.05, 4.69) is 17.1 Å². The predicted molar refractivity (Wildman–Crippen MR) is 108 cm³/mol. The largest absolute Gasteiger partial charge is 0.339 e. The van der Waals surface area contributed by atoms with Crippen LogP contribution in [0.5, 0.6) is 0 Å². The van der Waals surface area contributed by atoms with E-state index < -0.39 is 0 Å². The summed E-state index contributed by atoms with van der Waals surface area (Å²) in [6.07, 6.45) is 8.60. The van der Waals surface area contributed by atoms with Crippen LogP contribution >= 0.6 is 0 Å². The Labute approximate surface area is 166 Å². The first-order chi connectivity index (χ1) is 13.7. The first-order valence-electron chi connectivity index (χ1n) is 10.3. The summed E-state index contributed by atoms with van der Waals surface area (Å²) in [4.78, 5) is 32.9. The number of aromatic nitrogens is 1. The molecule has 5 nitrogen and oxygen atoms in total. The lowest BCUT2D eigenvalue weighted by Gasteiger charge is -2.32. The number of amides is 2. The number of likely N-dealkylation sites (tertiary alicyclic amines) is 2. The van der Waals surface area contributed by atoms with E-state index in [1.165, 1.54) is 5.56 Å². The van der Waals surface area contributed by atoms with Gasteiger partial charge in [-0.3, -0.25) is 14.6 Å². The number of nitrogens with zero attached hydrogens (tertiary/aromatic N) is 3. The van der Waals surface area contributed by atoms with Gasteiger partial charge in [-0.05, 0) is 67.9 Å². The SMILES string of the molecule is O=C(c1ccc(CC2CCN(C(=O)c3cccnc3)CC2)cc1)N1CCCC1. The third-order valence-electron chi connectivity index (χ3n) is 5.93. The van der Waals surface area contributed by atoms with Crippen LogP contribution in [0.4, 0.5) is 0 Å². The minimum absolute atomic E-state index is 0.0799. The Morgan fingerprint density at radius 3 is 2.14 bits per heavy atom. The highest BCUT2D eigenvalue weighted by atomic mass is 16.2. The Morgan fingerprint density at radius 2 is 1.50 bits per heavy atom. The van der Waals surface area contributed by atoms with Crippen molar-refractivity contribution in [2.24, 2.45) is 5.92 Å². The molecule has 2 aromatic rings. The summed E-state index contributed by atoms with van der Waals surface area (Å²) >= 11 is 0. The number of hydrogen-bond acceptors (Lipinski definition) is 3. The van der Waals surface area contributed by atoms with Gasteiger partial charge in [-0.15, -0.1) is 0 Å². The van der Waals surface area contributed by atoms with Crippen molar-refractivity contribution in [1.29, 1.82) is 0 Å². The van der Waals surface area contributed by atoms with Crippen LogP contribution in [0.1, 0.15) is 52.0 Å². The van der Waals surface area contributed by atoms with Gasteiger partial charge in [0.05, 0.1) is 5.56 Å². The summed E-state index contributed by atoms with van der Waals surface area (Å²) in [5.74, 6) is 0.820. The van der Waals surface area contributed by atoms with Gasteiger partial charge >= 0.3 is 0 Å². The van der Waals surface area contributed by atoms with E-state index >= 15 is 0 Å². The summed E-state index contributed by atoms with van der Waals surface area (Å²) in [6.45, 7) is 3.36. The molecule has 0 unspecified atom stereocenters. The first-order valence-corrected chi connectivity index (χ1v) is 10.3. The quantitative estimate of drug-likeness (QED) is 0.820. The Bertz CT molecular complexity index is 806. The number of benzene rings is 1. The van der Waals surface area contributed by atoms with Crippen molar-refractivity contribution in [1.82, 2.24) is 14.8 Å². The molecule has 1 aromatic carbocycles. The monoisotopic (exact) mass is 377 g/mol. The molecule has 0 radical (unpaired) electrons. The average Bonchev–Trinajstić information content (AvgIpc) is 3.29. The molecule has 3 heterocycles. The number of hydrogen-bond donors (Lipinski definition) is 0. The molecule has 2 aliphatic rings. The average molecular weight is 377 g/mol. The lowest BCUT2D eigenvalue weighted by molar-refractivity contribution is 0.0689. The van der Waals surface area contributed by atoms with Crippen LogP contribution in [0.25, 0.3) is 0 Å². The fourth-order valence-electron chi connectivity index (χ4n) is 4.23. The molecule has 5 heteroatoms. The van der Waals surface area contributed by atoms with Crippen molar-refractivity contribution in [3.8, 4) is 0 Å². The Balaban J connectivity index is 1.29. The second kappa shape index (κ2) is 8.55. The zero-order chi connectivity index (χ0) is 19.3. The normalized spacial score (nSPS) is 17.7. The Morgan fingerprint density at radius 1 is 0.857 bits per heavy atom. The van der Waals surface area contributed by atoms with Crippen molar-refractivity contribution in [3.63, 3.8) is 0 Å². The van der Waals surface area contributed by atoms with Crippen molar-refractivity contribution in [2.45, 2.75) is 32.1 Å². The van der Waals surface area contributed by atoms with Crippen molar-refractivity contribution in [2.75, 3.05) is 26.2 Å². The van der Waals surface area contributed by atoms with E-state index in [0.717, 1.165) is 63.8 Å². The van der Waals surface area contributed by atoms with Crippen LogP contribution in [0, 0.1) is 5.92 Å². The topological polar surface area (TPSA) is 53.5 Å². The summed E-state index contributed by atoms with van der Waals surface area (Å²) in [7, 11) is 0. The van der Waals surface area contributed by atoms with Gasteiger partial charge < -0.3 is 9.80 Å². The maximum absolute atomic E-state index is 12.5. The second-order valence-corrected chi connectivity index (χ2v) is 7.88. The van der Waals surface area contributed by atoms with Crippen molar-refractivity contribution < 1.29 is 9.59 Å². The van der Waals surface area contributed by atoms with Crippen molar-refractivity contribution in [3.05, 3.63) is 65.5 Å². The van der Waals surface area contributed by atoms with E-state index in [1.807, 2.05) is 28.0 Å². The molecule has 0 bridgehead atoms. The summed E-state index contributed by atoms with van der Waals surface area (Å²) in [5, 5.41) is 0. The Hall–Kier alpha value is -2.69. The van der Waals surface area contributed by atoms with Gasteiger partial charge in [-0.1, -0.05) is 12.1 Å². The number of piperidine rings is 1. The number of carbonyl (C=O) groups excluding carboxylic acids is 2.